The van der Waals surface area contributed by atoms with E-state index in [1.807, 2.05) is 30.3 Å². The number of nitrogens with one attached hydrogen (secondary N) is 1. The Labute approximate surface area is 127 Å². The minimum Gasteiger partial charge on any atom is -0.474 e. The van der Waals surface area contributed by atoms with Crippen molar-refractivity contribution in [3.05, 3.63) is 48.0 Å². The van der Waals surface area contributed by atoms with Crippen LogP contribution in [0.2, 0.25) is 0 Å². The third-order valence-electron chi connectivity index (χ3n) is 2.07. The Bertz CT molecular complexity index is 416. The van der Waals surface area contributed by atoms with Gasteiger partial charge < -0.3 is 9.47 Å². The number of benzene rings is 1. The molecule has 0 bridgehead atoms. The van der Waals surface area contributed by atoms with Crippen LogP contribution in [0.3, 0.4) is 0 Å². The minimum absolute atomic E-state index is 0.168. The van der Waals surface area contributed by atoms with Crippen molar-refractivity contribution in [3.8, 4) is 0 Å². The summed E-state index contributed by atoms with van der Waals surface area (Å²) in [6.07, 6.45) is 3.49. The summed E-state index contributed by atoms with van der Waals surface area (Å²) in [5.41, 5.74) is 1.12. The normalized spacial score (nSPS) is 11.7. The fraction of sp³-hybridized carbons (Fsp3) is 0.308. The second-order valence-corrected chi connectivity index (χ2v) is 5.89. The van der Waals surface area contributed by atoms with Crippen LogP contribution in [0.15, 0.2) is 42.5 Å². The van der Waals surface area contributed by atoms with E-state index in [0.29, 0.717) is 13.2 Å². The first-order valence-corrected chi connectivity index (χ1v) is 6.69. The van der Waals surface area contributed by atoms with Crippen LogP contribution in [0.25, 0.3) is 0 Å². The van der Waals surface area contributed by atoms with Gasteiger partial charge in [-0.25, -0.2) is 0 Å². The predicted octanol–water partition coefficient (Wildman–Crippen LogP) is 4.12. The fourth-order valence-corrected chi connectivity index (χ4v) is 1.33. The maximum atomic E-state index is 7.29. The molecule has 0 aliphatic rings. The highest BCUT2D eigenvalue weighted by Gasteiger charge is 2.28. The van der Waals surface area contributed by atoms with Crippen LogP contribution in [0.1, 0.15) is 5.56 Å². The number of hydrogen-bond donors (Lipinski definition) is 1. The number of ether oxygens (including phenoxy) is 2. The van der Waals surface area contributed by atoms with Gasteiger partial charge in [0, 0.05) is 0 Å². The van der Waals surface area contributed by atoms with Gasteiger partial charge in [0.1, 0.15) is 6.61 Å². The van der Waals surface area contributed by atoms with Gasteiger partial charge in [-0.15, -0.1) is 0 Å². The molecule has 0 aliphatic carbocycles. The summed E-state index contributed by atoms with van der Waals surface area (Å²) in [6.45, 7) is 1.18. The van der Waals surface area contributed by atoms with Crippen LogP contribution in [0.4, 0.5) is 0 Å². The second kappa shape index (κ2) is 8.43. The number of rotatable bonds is 6. The molecule has 0 heterocycles. The Morgan fingerprint density at radius 2 is 1.74 bits per heavy atom. The first-order valence-electron chi connectivity index (χ1n) is 5.55. The molecule has 104 valence electrons. The highest BCUT2D eigenvalue weighted by molar-refractivity contribution is 6.76. The van der Waals surface area contributed by atoms with E-state index in [-0.39, 0.29) is 6.61 Å². The summed E-state index contributed by atoms with van der Waals surface area (Å²) in [4.78, 5) is 0. The third-order valence-corrected chi connectivity index (χ3v) is 2.59. The first kappa shape index (κ1) is 16.3. The summed E-state index contributed by atoms with van der Waals surface area (Å²) in [7, 11) is 0. The molecule has 0 aromatic heterocycles. The van der Waals surface area contributed by atoms with E-state index in [9.17, 15) is 0 Å². The quantitative estimate of drug-likeness (QED) is 0.281. The molecule has 0 fully saturated rings. The van der Waals surface area contributed by atoms with Gasteiger partial charge >= 0.3 is 0 Å². The second-order valence-electron chi connectivity index (χ2n) is 3.61. The van der Waals surface area contributed by atoms with Crippen LogP contribution in [0.5, 0.6) is 0 Å². The molecule has 3 nitrogen and oxygen atoms in total. The zero-order valence-electron chi connectivity index (χ0n) is 10.1. The van der Waals surface area contributed by atoms with Gasteiger partial charge in [0.2, 0.25) is 5.90 Å². The predicted molar refractivity (Wildman–Crippen MR) is 79.2 cm³/mol. The molecule has 0 radical (unpaired) electrons. The summed E-state index contributed by atoms with van der Waals surface area (Å²) < 4.78 is 8.53. The molecule has 1 aromatic rings. The first-order chi connectivity index (χ1) is 9.00. The fourth-order valence-electron chi connectivity index (χ4n) is 1.17. The highest BCUT2D eigenvalue weighted by Crippen LogP contribution is 2.27. The molecular formula is C13H14Cl3NO2. The van der Waals surface area contributed by atoms with E-state index in [0.717, 1.165) is 5.56 Å². The van der Waals surface area contributed by atoms with Crippen molar-refractivity contribution in [2.24, 2.45) is 0 Å². The number of halogens is 3. The average Bonchev–Trinajstić information content (AvgIpc) is 2.37. The topological polar surface area (TPSA) is 42.3 Å². The largest absolute Gasteiger partial charge is 0.474 e. The molecule has 0 atom stereocenters. The van der Waals surface area contributed by atoms with Gasteiger partial charge in [-0.1, -0.05) is 71.2 Å². The molecule has 1 rings (SSSR count). The van der Waals surface area contributed by atoms with Crippen molar-refractivity contribution in [2.75, 3.05) is 13.2 Å². The number of hydrogen-bond acceptors (Lipinski definition) is 3. The number of alkyl halides is 3. The molecule has 6 heteroatoms. The summed E-state index contributed by atoms with van der Waals surface area (Å²) >= 11 is 16.3. The average molecular weight is 323 g/mol. The summed E-state index contributed by atoms with van der Waals surface area (Å²) in [5, 5.41) is 7.29. The third kappa shape index (κ3) is 7.43. The van der Waals surface area contributed by atoms with E-state index in [1.165, 1.54) is 0 Å². The van der Waals surface area contributed by atoms with Crippen LogP contribution in [0, 0.1) is 5.41 Å². The van der Waals surface area contributed by atoms with Crippen LogP contribution < -0.4 is 0 Å². The highest BCUT2D eigenvalue weighted by atomic mass is 35.6. The van der Waals surface area contributed by atoms with Gasteiger partial charge in [-0.05, 0) is 11.6 Å². The van der Waals surface area contributed by atoms with E-state index >= 15 is 0 Å². The van der Waals surface area contributed by atoms with Crippen molar-refractivity contribution < 1.29 is 9.47 Å². The Kier molecular flexibility index (Phi) is 7.24. The molecule has 19 heavy (non-hydrogen) atoms. The summed E-state index contributed by atoms with van der Waals surface area (Å²) in [5.74, 6) is -0.396. The van der Waals surface area contributed by atoms with Gasteiger partial charge in [0.15, 0.2) is 0 Å². The molecule has 1 N–H and O–H groups in total. The Hall–Kier alpha value is -0.740. The van der Waals surface area contributed by atoms with Crippen LogP contribution >= 0.6 is 34.8 Å². The van der Waals surface area contributed by atoms with Crippen molar-refractivity contribution in [1.29, 1.82) is 5.41 Å². The zero-order valence-corrected chi connectivity index (χ0v) is 12.4. The molecule has 1 aromatic carbocycles. The van der Waals surface area contributed by atoms with Crippen LogP contribution in [-0.4, -0.2) is 22.9 Å². The van der Waals surface area contributed by atoms with Crippen molar-refractivity contribution >= 4 is 40.7 Å². The van der Waals surface area contributed by atoms with Crippen molar-refractivity contribution in [1.82, 2.24) is 0 Å². The lowest BCUT2D eigenvalue weighted by Gasteiger charge is -2.11. The Balaban J connectivity index is 2.10. The van der Waals surface area contributed by atoms with Crippen LogP contribution in [-0.2, 0) is 16.1 Å². The molecule has 0 aliphatic heterocycles. The lowest BCUT2D eigenvalue weighted by molar-refractivity contribution is 0.148. The molecule has 0 amide bonds. The van der Waals surface area contributed by atoms with Gasteiger partial charge in [0.05, 0.1) is 13.2 Å². The van der Waals surface area contributed by atoms with Gasteiger partial charge in [-0.3, -0.25) is 5.41 Å². The maximum Gasteiger partial charge on any atom is 0.265 e. The maximum absolute atomic E-state index is 7.29. The van der Waals surface area contributed by atoms with Crippen molar-refractivity contribution in [2.45, 2.75) is 10.4 Å². The monoisotopic (exact) mass is 321 g/mol. The lowest BCUT2D eigenvalue weighted by atomic mass is 10.2. The van der Waals surface area contributed by atoms with E-state index in [1.54, 1.807) is 12.2 Å². The molecule has 0 spiro atoms. The zero-order chi connectivity index (χ0) is 14.1. The SMILES string of the molecule is N=C(OC/C=C\COCc1ccccc1)C(Cl)(Cl)Cl. The molecule has 0 saturated carbocycles. The van der Waals surface area contributed by atoms with Gasteiger partial charge in [-0.2, -0.15) is 0 Å². The Morgan fingerprint density at radius 3 is 2.37 bits per heavy atom. The Morgan fingerprint density at radius 1 is 1.11 bits per heavy atom. The lowest BCUT2D eigenvalue weighted by Crippen LogP contribution is -2.21. The molecular weight excluding hydrogens is 309 g/mol. The van der Waals surface area contributed by atoms with E-state index < -0.39 is 9.69 Å². The molecule has 0 saturated heterocycles. The standard InChI is InChI=1S/C13H14Cl3NO2/c14-13(15,16)12(17)19-9-5-4-8-18-10-11-6-2-1-3-7-11/h1-7,17H,8-10H2/b5-4-,17-12?. The summed E-state index contributed by atoms with van der Waals surface area (Å²) in [6, 6.07) is 9.88. The van der Waals surface area contributed by atoms with E-state index in [4.69, 9.17) is 49.7 Å². The van der Waals surface area contributed by atoms with Crippen molar-refractivity contribution in [3.63, 3.8) is 0 Å². The minimum atomic E-state index is -1.81. The van der Waals surface area contributed by atoms with Gasteiger partial charge in [0.25, 0.3) is 3.79 Å². The smallest absolute Gasteiger partial charge is 0.265 e. The van der Waals surface area contributed by atoms with E-state index in [2.05, 4.69) is 0 Å². The molecule has 0 unspecified atom stereocenters.